The van der Waals surface area contributed by atoms with Gasteiger partial charge in [0, 0.05) is 13.1 Å². The monoisotopic (exact) mass is 291 g/mol. The Labute approximate surface area is 115 Å². The highest BCUT2D eigenvalue weighted by Crippen LogP contribution is 2.25. The Balaban J connectivity index is 2.17. The van der Waals surface area contributed by atoms with E-state index in [0.717, 1.165) is 19.3 Å². The van der Waals surface area contributed by atoms with E-state index in [0.29, 0.717) is 18.9 Å². The van der Waals surface area contributed by atoms with E-state index >= 15 is 0 Å². The van der Waals surface area contributed by atoms with Crippen molar-refractivity contribution in [1.29, 1.82) is 0 Å². The molecule has 0 radical (unpaired) electrons. The van der Waals surface area contributed by atoms with Gasteiger partial charge >= 0.3 is 0 Å². The van der Waals surface area contributed by atoms with Gasteiger partial charge in [-0.3, -0.25) is 4.79 Å². The van der Waals surface area contributed by atoms with E-state index in [2.05, 4.69) is 10.0 Å². The van der Waals surface area contributed by atoms with Crippen molar-refractivity contribution in [2.24, 2.45) is 11.7 Å². The van der Waals surface area contributed by atoms with E-state index in [1.165, 1.54) is 6.42 Å². The Morgan fingerprint density at radius 2 is 2.11 bits per heavy atom. The highest BCUT2D eigenvalue weighted by molar-refractivity contribution is 7.89. The predicted octanol–water partition coefficient (Wildman–Crippen LogP) is -0.0505. The van der Waals surface area contributed by atoms with Crippen molar-refractivity contribution < 1.29 is 13.2 Å². The summed E-state index contributed by atoms with van der Waals surface area (Å²) in [5, 5.41) is 2.56. The molecule has 0 aromatic rings. The molecule has 1 aliphatic carbocycles. The minimum absolute atomic E-state index is 0.0930. The molecule has 112 valence electrons. The van der Waals surface area contributed by atoms with E-state index in [1.54, 1.807) is 0 Å². The van der Waals surface area contributed by atoms with Gasteiger partial charge in [0.1, 0.15) is 0 Å². The van der Waals surface area contributed by atoms with Crippen LogP contribution in [-0.2, 0) is 14.8 Å². The number of carbonyl (C=O) groups is 1. The molecule has 1 unspecified atom stereocenters. The Morgan fingerprint density at radius 1 is 1.42 bits per heavy atom. The van der Waals surface area contributed by atoms with Crippen LogP contribution in [0.3, 0.4) is 0 Å². The molecule has 6 nitrogen and oxygen atoms in total. The molecule has 0 bridgehead atoms. The Kier molecular flexibility index (Phi) is 6.74. The SMILES string of the molecule is CCCC(N)C(=O)NCCS(=O)(=O)NCC1CCC1. The Bertz CT molecular complexity index is 380. The number of hydrogen-bond acceptors (Lipinski definition) is 4. The van der Waals surface area contributed by atoms with Crippen LogP contribution in [0.25, 0.3) is 0 Å². The average molecular weight is 291 g/mol. The number of amides is 1. The molecule has 1 rings (SSSR count). The molecule has 0 aromatic carbocycles. The molecule has 1 atom stereocenters. The predicted molar refractivity (Wildman–Crippen MR) is 75.0 cm³/mol. The van der Waals surface area contributed by atoms with Gasteiger partial charge in [-0.05, 0) is 25.2 Å². The van der Waals surface area contributed by atoms with E-state index in [-0.39, 0.29) is 18.2 Å². The summed E-state index contributed by atoms with van der Waals surface area (Å²) in [6, 6.07) is -0.546. The second kappa shape index (κ2) is 7.81. The second-order valence-corrected chi connectivity index (χ2v) is 7.08. The van der Waals surface area contributed by atoms with Crippen LogP contribution >= 0.6 is 0 Å². The number of carbonyl (C=O) groups excluding carboxylic acids is 1. The molecule has 1 amide bonds. The third kappa shape index (κ3) is 6.35. The molecule has 0 spiro atoms. The summed E-state index contributed by atoms with van der Waals surface area (Å²) in [6.07, 6.45) is 4.84. The molecule has 4 N–H and O–H groups in total. The zero-order valence-electron chi connectivity index (χ0n) is 11.5. The molecule has 0 aromatic heterocycles. The summed E-state index contributed by atoms with van der Waals surface area (Å²) in [4.78, 5) is 11.5. The van der Waals surface area contributed by atoms with Gasteiger partial charge in [0.2, 0.25) is 15.9 Å². The van der Waals surface area contributed by atoms with Crippen LogP contribution in [0, 0.1) is 5.92 Å². The van der Waals surface area contributed by atoms with Crippen LogP contribution in [0.15, 0.2) is 0 Å². The molecule has 0 saturated heterocycles. The van der Waals surface area contributed by atoms with Crippen LogP contribution in [0.5, 0.6) is 0 Å². The Hall–Kier alpha value is -0.660. The Morgan fingerprint density at radius 3 is 2.63 bits per heavy atom. The first-order valence-electron chi connectivity index (χ1n) is 6.95. The topological polar surface area (TPSA) is 101 Å². The minimum atomic E-state index is -3.29. The van der Waals surface area contributed by atoms with Gasteiger partial charge in [-0.1, -0.05) is 19.8 Å². The lowest BCUT2D eigenvalue weighted by Crippen LogP contribution is -2.43. The van der Waals surface area contributed by atoms with Gasteiger partial charge in [0.25, 0.3) is 0 Å². The largest absolute Gasteiger partial charge is 0.354 e. The van der Waals surface area contributed by atoms with Crippen molar-refractivity contribution >= 4 is 15.9 Å². The first-order valence-corrected chi connectivity index (χ1v) is 8.60. The summed E-state index contributed by atoms with van der Waals surface area (Å²) < 4.78 is 25.9. The molecule has 19 heavy (non-hydrogen) atoms. The number of sulfonamides is 1. The average Bonchev–Trinajstić information content (AvgIpc) is 2.26. The first-order chi connectivity index (χ1) is 8.94. The first kappa shape index (κ1) is 16.4. The zero-order valence-corrected chi connectivity index (χ0v) is 12.3. The van der Waals surface area contributed by atoms with Crippen molar-refractivity contribution in [2.75, 3.05) is 18.8 Å². The molecule has 0 heterocycles. The maximum Gasteiger partial charge on any atom is 0.236 e. The molecule has 1 saturated carbocycles. The van der Waals surface area contributed by atoms with E-state index in [1.807, 2.05) is 6.92 Å². The van der Waals surface area contributed by atoms with Crippen LogP contribution in [0.1, 0.15) is 39.0 Å². The van der Waals surface area contributed by atoms with Gasteiger partial charge in [-0.15, -0.1) is 0 Å². The summed E-state index contributed by atoms with van der Waals surface area (Å²) in [5.41, 5.74) is 5.62. The number of rotatable bonds is 9. The fourth-order valence-corrected chi connectivity index (χ4v) is 2.90. The summed E-state index contributed by atoms with van der Waals surface area (Å²) in [7, 11) is -3.29. The van der Waals surface area contributed by atoms with Gasteiger partial charge < -0.3 is 11.1 Å². The maximum atomic E-state index is 11.7. The van der Waals surface area contributed by atoms with Gasteiger partial charge in [-0.25, -0.2) is 13.1 Å². The van der Waals surface area contributed by atoms with Crippen molar-refractivity contribution in [1.82, 2.24) is 10.0 Å². The third-order valence-corrected chi connectivity index (χ3v) is 4.77. The van der Waals surface area contributed by atoms with Gasteiger partial charge in [-0.2, -0.15) is 0 Å². The highest BCUT2D eigenvalue weighted by Gasteiger charge is 2.20. The fraction of sp³-hybridized carbons (Fsp3) is 0.917. The lowest BCUT2D eigenvalue weighted by atomic mass is 9.86. The van der Waals surface area contributed by atoms with Crippen molar-refractivity contribution in [3.05, 3.63) is 0 Å². The molecule has 1 aliphatic rings. The van der Waals surface area contributed by atoms with Crippen molar-refractivity contribution in [3.8, 4) is 0 Å². The second-order valence-electron chi connectivity index (χ2n) is 5.15. The molecule has 7 heteroatoms. The van der Waals surface area contributed by atoms with Crippen LogP contribution in [0.2, 0.25) is 0 Å². The summed E-state index contributed by atoms with van der Waals surface area (Å²) in [6.45, 7) is 2.57. The maximum absolute atomic E-state index is 11.7. The van der Waals surface area contributed by atoms with Crippen LogP contribution < -0.4 is 15.8 Å². The molecule has 0 aliphatic heterocycles. The van der Waals surface area contributed by atoms with Gasteiger partial charge in [0.15, 0.2) is 0 Å². The van der Waals surface area contributed by atoms with Crippen molar-refractivity contribution in [3.63, 3.8) is 0 Å². The van der Waals surface area contributed by atoms with E-state index < -0.39 is 16.1 Å². The lowest BCUT2D eigenvalue weighted by molar-refractivity contribution is -0.122. The number of nitrogens with two attached hydrogens (primary N) is 1. The molecular formula is C12H25N3O3S. The smallest absolute Gasteiger partial charge is 0.236 e. The van der Waals surface area contributed by atoms with E-state index in [9.17, 15) is 13.2 Å². The minimum Gasteiger partial charge on any atom is -0.354 e. The number of nitrogens with one attached hydrogen (secondary N) is 2. The fourth-order valence-electron chi connectivity index (χ4n) is 1.90. The lowest BCUT2D eigenvalue weighted by Gasteiger charge is -2.25. The third-order valence-electron chi connectivity index (χ3n) is 3.42. The number of hydrogen-bond donors (Lipinski definition) is 3. The summed E-state index contributed by atoms with van der Waals surface area (Å²) >= 11 is 0. The summed E-state index contributed by atoms with van der Waals surface area (Å²) in [5.74, 6) is 0.114. The van der Waals surface area contributed by atoms with E-state index in [4.69, 9.17) is 5.73 Å². The van der Waals surface area contributed by atoms with Crippen LogP contribution in [-0.4, -0.2) is 39.2 Å². The quantitative estimate of drug-likeness (QED) is 0.554. The normalized spacial score (nSPS) is 17.8. The van der Waals surface area contributed by atoms with Gasteiger partial charge in [0.05, 0.1) is 11.8 Å². The van der Waals surface area contributed by atoms with Crippen LogP contribution in [0.4, 0.5) is 0 Å². The highest BCUT2D eigenvalue weighted by atomic mass is 32.2. The van der Waals surface area contributed by atoms with Crippen molar-refractivity contribution in [2.45, 2.75) is 45.1 Å². The molecule has 1 fully saturated rings. The zero-order chi connectivity index (χ0) is 14.3. The molecular weight excluding hydrogens is 266 g/mol. The standard InChI is InChI=1S/C12H25N3O3S/c1-2-4-11(13)12(16)14-7-8-19(17,18)15-9-10-5-3-6-10/h10-11,15H,2-9,13H2,1H3,(H,14,16).